The maximum Gasteiger partial charge on any atom is 0.225 e. The highest BCUT2D eigenvalue weighted by Crippen LogP contribution is 2.36. The molecule has 2 saturated heterocycles. The molecular formula is C34H50Cl4N6O6. The van der Waals surface area contributed by atoms with Crippen LogP contribution in [0, 0.1) is 0 Å². The zero-order valence-corrected chi connectivity index (χ0v) is 31.4. The van der Waals surface area contributed by atoms with Gasteiger partial charge in [-0.25, -0.2) is 0 Å². The summed E-state index contributed by atoms with van der Waals surface area (Å²) in [4.78, 5) is 62.8. The van der Waals surface area contributed by atoms with Crippen molar-refractivity contribution >= 4 is 84.4 Å². The molecule has 5 rings (SSSR count). The van der Waals surface area contributed by atoms with Crippen molar-refractivity contribution in [3.8, 4) is 0 Å². The van der Waals surface area contributed by atoms with Crippen molar-refractivity contribution in [2.45, 2.75) is 25.7 Å². The van der Waals surface area contributed by atoms with Crippen LogP contribution in [0.3, 0.4) is 0 Å². The van der Waals surface area contributed by atoms with Gasteiger partial charge < -0.3 is 40.4 Å². The first kappa shape index (κ1) is 45.7. The number of carbonyl (C=O) groups excluding carboxylic acids is 4. The zero-order chi connectivity index (χ0) is 32.5. The van der Waals surface area contributed by atoms with Crippen LogP contribution in [-0.2, 0) is 9.59 Å². The van der Waals surface area contributed by atoms with Crippen LogP contribution in [0.25, 0.3) is 0 Å². The number of aliphatic hydroxyl groups is 2. The van der Waals surface area contributed by atoms with E-state index < -0.39 is 0 Å². The van der Waals surface area contributed by atoms with Gasteiger partial charge in [-0.05, 0) is 25.0 Å². The first-order valence-corrected chi connectivity index (χ1v) is 16.4. The second kappa shape index (κ2) is 22.5. The van der Waals surface area contributed by atoms with Crippen LogP contribution in [-0.4, -0.2) is 145 Å². The Morgan fingerprint density at radius 1 is 0.540 bits per heavy atom. The number of piperazine rings is 2. The fourth-order valence-corrected chi connectivity index (χ4v) is 6.44. The largest absolute Gasteiger partial charge is 0.396 e. The number of ketones is 2. The predicted molar refractivity (Wildman–Crippen MR) is 204 cm³/mol. The van der Waals surface area contributed by atoms with Crippen molar-refractivity contribution in [3.63, 3.8) is 0 Å². The Bertz CT molecular complexity index is 1320. The van der Waals surface area contributed by atoms with Gasteiger partial charge in [0.1, 0.15) is 0 Å². The van der Waals surface area contributed by atoms with Gasteiger partial charge in [0.25, 0.3) is 0 Å². The Kier molecular flexibility index (Phi) is 20.6. The third-order valence-electron chi connectivity index (χ3n) is 9.13. The van der Waals surface area contributed by atoms with Crippen LogP contribution in [0.5, 0.6) is 0 Å². The number of fused-ring (bicyclic) bond motifs is 2. The molecule has 2 aromatic rings. The van der Waals surface area contributed by atoms with Gasteiger partial charge in [0, 0.05) is 116 Å². The number of carbonyl (C=O) groups is 4. The van der Waals surface area contributed by atoms with Gasteiger partial charge >= 0.3 is 0 Å². The fourth-order valence-electron chi connectivity index (χ4n) is 6.44. The fraction of sp³-hybridized carbons (Fsp3) is 0.529. The number of nitrogens with zero attached hydrogens (tertiary/aromatic N) is 4. The van der Waals surface area contributed by atoms with E-state index in [1.807, 2.05) is 0 Å². The third-order valence-corrected chi connectivity index (χ3v) is 9.13. The zero-order valence-electron chi connectivity index (χ0n) is 28.1. The standard InChI is InChI=1S/C34H46N6O6.4ClH/c41-23-3-11-37-15-19-39(20-16-37)13-9-29(43)35-27-7-8-28(32-31(27)33(45)25-5-1-2-6-26(25)34(32)46)36-30(44)10-14-40-21-17-38(18-22-40)12-4-24-42;;;;/h1-2,5-8,41-42H,3-4,9-24H2,(H,35,43)(H,36,44);4*1H. The average molecular weight is 781 g/mol. The van der Waals surface area contributed by atoms with E-state index in [0.29, 0.717) is 13.1 Å². The van der Waals surface area contributed by atoms with Crippen molar-refractivity contribution < 1.29 is 29.4 Å². The quantitative estimate of drug-likeness (QED) is 0.193. The number of hydrogen-bond donors (Lipinski definition) is 4. The van der Waals surface area contributed by atoms with Gasteiger partial charge in [-0.1, -0.05) is 24.3 Å². The van der Waals surface area contributed by atoms with Gasteiger partial charge in [0.05, 0.1) is 22.5 Å². The molecule has 4 N–H and O–H groups in total. The lowest BCUT2D eigenvalue weighted by Crippen LogP contribution is -2.47. The molecule has 0 atom stereocenters. The van der Waals surface area contributed by atoms with Gasteiger partial charge in [-0.2, -0.15) is 0 Å². The molecule has 0 radical (unpaired) electrons. The van der Waals surface area contributed by atoms with Crippen molar-refractivity contribution in [2.24, 2.45) is 0 Å². The highest BCUT2D eigenvalue weighted by atomic mass is 35.5. The van der Waals surface area contributed by atoms with Crippen molar-refractivity contribution in [1.29, 1.82) is 0 Å². The molecular weight excluding hydrogens is 730 g/mol. The number of anilines is 2. The second-order valence-corrected chi connectivity index (χ2v) is 12.2. The lowest BCUT2D eigenvalue weighted by Gasteiger charge is -2.34. The van der Waals surface area contributed by atoms with E-state index in [2.05, 4.69) is 30.2 Å². The normalized spacial score (nSPS) is 16.4. The van der Waals surface area contributed by atoms with Crippen LogP contribution in [0.4, 0.5) is 11.4 Å². The molecule has 2 fully saturated rings. The Morgan fingerprint density at radius 3 is 1.18 bits per heavy atom. The van der Waals surface area contributed by atoms with E-state index in [0.717, 1.165) is 78.3 Å². The Labute approximate surface area is 318 Å². The maximum atomic E-state index is 13.8. The molecule has 16 heteroatoms. The minimum atomic E-state index is -0.366. The van der Waals surface area contributed by atoms with Crippen molar-refractivity contribution in [2.75, 3.05) is 102 Å². The van der Waals surface area contributed by atoms with Crippen LogP contribution >= 0.6 is 49.6 Å². The number of halogens is 4. The summed E-state index contributed by atoms with van der Waals surface area (Å²) in [5.74, 6) is -1.24. The molecule has 0 bridgehead atoms. The molecule has 2 aliphatic heterocycles. The first-order valence-electron chi connectivity index (χ1n) is 16.4. The number of hydrogen-bond acceptors (Lipinski definition) is 10. The molecule has 2 heterocycles. The minimum Gasteiger partial charge on any atom is -0.396 e. The SMILES string of the molecule is Cl.Cl.Cl.Cl.O=C(CCN1CCN(CCCO)CC1)Nc1ccc(NC(=O)CCN2CCN(CCCO)CC2)c2c1C(=O)c1ccccc1C2=O. The van der Waals surface area contributed by atoms with Crippen LogP contribution < -0.4 is 10.6 Å². The molecule has 0 aromatic heterocycles. The van der Waals surface area contributed by atoms with Crippen LogP contribution in [0.2, 0.25) is 0 Å². The molecule has 50 heavy (non-hydrogen) atoms. The van der Waals surface area contributed by atoms with Gasteiger partial charge in [0.2, 0.25) is 11.8 Å². The first-order chi connectivity index (χ1) is 22.4. The van der Waals surface area contributed by atoms with Crippen LogP contribution in [0.15, 0.2) is 36.4 Å². The molecule has 2 aromatic carbocycles. The highest BCUT2D eigenvalue weighted by Gasteiger charge is 2.34. The van der Waals surface area contributed by atoms with E-state index in [4.69, 9.17) is 10.2 Å². The summed E-state index contributed by atoms with van der Waals surface area (Å²) in [7, 11) is 0. The minimum absolute atomic E-state index is 0. The average Bonchev–Trinajstić information content (AvgIpc) is 3.08. The predicted octanol–water partition coefficient (Wildman–Crippen LogP) is 2.81. The number of benzene rings is 2. The number of rotatable bonds is 14. The Balaban J connectivity index is 0.00000312. The maximum absolute atomic E-state index is 13.8. The smallest absolute Gasteiger partial charge is 0.225 e. The second-order valence-electron chi connectivity index (χ2n) is 12.2. The number of amides is 2. The lowest BCUT2D eigenvalue weighted by atomic mass is 9.82. The Morgan fingerprint density at radius 2 is 0.860 bits per heavy atom. The van der Waals surface area contributed by atoms with Gasteiger partial charge in [0.15, 0.2) is 11.6 Å². The van der Waals surface area contributed by atoms with E-state index in [-0.39, 0.29) is 133 Å². The van der Waals surface area contributed by atoms with Crippen molar-refractivity contribution in [3.05, 3.63) is 58.7 Å². The molecule has 1 aliphatic carbocycles. The summed E-state index contributed by atoms with van der Waals surface area (Å²) in [6.07, 6.45) is 1.98. The monoisotopic (exact) mass is 778 g/mol. The Hall–Kier alpha value is -2.36. The third kappa shape index (κ3) is 11.8. The van der Waals surface area contributed by atoms with Crippen molar-refractivity contribution in [1.82, 2.24) is 19.6 Å². The van der Waals surface area contributed by atoms with E-state index in [9.17, 15) is 19.2 Å². The molecule has 0 unspecified atom stereocenters. The van der Waals surface area contributed by atoms with E-state index >= 15 is 0 Å². The summed E-state index contributed by atoms with van der Waals surface area (Å²) in [6, 6.07) is 9.82. The summed E-state index contributed by atoms with van der Waals surface area (Å²) >= 11 is 0. The van der Waals surface area contributed by atoms with E-state index in [1.54, 1.807) is 36.4 Å². The van der Waals surface area contributed by atoms with Gasteiger partial charge in [-0.3, -0.25) is 19.2 Å². The summed E-state index contributed by atoms with van der Waals surface area (Å²) < 4.78 is 0. The van der Waals surface area contributed by atoms with Crippen LogP contribution in [0.1, 0.15) is 57.5 Å². The molecule has 0 saturated carbocycles. The molecule has 280 valence electrons. The highest BCUT2D eigenvalue weighted by molar-refractivity contribution is 6.32. The molecule has 0 spiro atoms. The van der Waals surface area contributed by atoms with E-state index in [1.165, 1.54) is 0 Å². The topological polar surface area (TPSA) is 146 Å². The molecule has 3 aliphatic rings. The summed E-state index contributed by atoms with van der Waals surface area (Å²) in [5.41, 5.74) is 1.28. The number of aliphatic hydroxyl groups excluding tert-OH is 2. The molecule has 12 nitrogen and oxygen atoms in total. The molecule has 2 amide bonds. The summed E-state index contributed by atoms with van der Waals surface area (Å²) in [5, 5.41) is 23.9. The van der Waals surface area contributed by atoms with Gasteiger partial charge in [-0.15, -0.1) is 49.6 Å². The lowest BCUT2D eigenvalue weighted by molar-refractivity contribution is -0.117. The summed E-state index contributed by atoms with van der Waals surface area (Å²) in [6.45, 7) is 10.2. The number of nitrogens with one attached hydrogen (secondary N) is 2.